The second-order valence-corrected chi connectivity index (χ2v) is 6.23. The van der Waals surface area contributed by atoms with Gasteiger partial charge in [0.15, 0.2) is 0 Å². The minimum Gasteiger partial charge on any atom is -0.347 e. The maximum atomic E-state index is 12.3. The molecule has 0 saturated heterocycles. The maximum absolute atomic E-state index is 12.3. The average molecular weight is 322 g/mol. The number of hydrogen-bond donors (Lipinski definition) is 1. The SMILES string of the molecule is CC(C)(NC(=O)Cc1c(Cl)cccc1Cl)c1ccccc1. The predicted molar refractivity (Wildman–Crippen MR) is 87.8 cm³/mol. The number of halogens is 2. The van der Waals surface area contributed by atoms with E-state index >= 15 is 0 Å². The molecule has 0 heterocycles. The molecule has 0 bridgehead atoms. The lowest BCUT2D eigenvalue weighted by Crippen LogP contribution is -2.41. The second-order valence-electron chi connectivity index (χ2n) is 5.42. The zero-order valence-corrected chi connectivity index (χ0v) is 13.5. The number of carbonyl (C=O) groups is 1. The van der Waals surface area contributed by atoms with Gasteiger partial charge in [-0.1, -0.05) is 59.6 Å². The van der Waals surface area contributed by atoms with E-state index in [1.54, 1.807) is 18.2 Å². The lowest BCUT2D eigenvalue weighted by molar-refractivity contribution is -0.122. The highest BCUT2D eigenvalue weighted by molar-refractivity contribution is 6.36. The van der Waals surface area contributed by atoms with Crippen molar-refractivity contribution in [2.45, 2.75) is 25.8 Å². The molecule has 2 aromatic carbocycles. The fourth-order valence-corrected chi connectivity index (χ4v) is 2.71. The zero-order valence-electron chi connectivity index (χ0n) is 12.0. The van der Waals surface area contributed by atoms with Crippen molar-refractivity contribution in [3.8, 4) is 0 Å². The Morgan fingerprint density at radius 3 is 2.14 bits per heavy atom. The molecule has 0 fully saturated rings. The topological polar surface area (TPSA) is 29.1 Å². The van der Waals surface area contributed by atoms with Gasteiger partial charge in [0.05, 0.1) is 12.0 Å². The number of nitrogens with one attached hydrogen (secondary N) is 1. The normalized spacial score (nSPS) is 11.2. The predicted octanol–water partition coefficient (Wildman–Crippen LogP) is 4.59. The molecule has 0 aliphatic carbocycles. The van der Waals surface area contributed by atoms with E-state index in [1.165, 1.54) is 0 Å². The van der Waals surface area contributed by atoms with Crippen molar-refractivity contribution in [2.24, 2.45) is 0 Å². The Balaban J connectivity index is 2.12. The first-order chi connectivity index (χ1) is 9.90. The molecule has 4 heteroatoms. The minimum atomic E-state index is -0.452. The van der Waals surface area contributed by atoms with Crippen molar-refractivity contribution in [3.63, 3.8) is 0 Å². The van der Waals surface area contributed by atoms with Crippen LogP contribution in [0.2, 0.25) is 10.0 Å². The molecule has 0 spiro atoms. The largest absolute Gasteiger partial charge is 0.347 e. The highest BCUT2D eigenvalue weighted by Gasteiger charge is 2.23. The molecule has 0 aliphatic rings. The summed E-state index contributed by atoms with van der Waals surface area (Å²) in [5, 5.41) is 4.04. The van der Waals surface area contributed by atoms with Crippen LogP contribution in [0.4, 0.5) is 0 Å². The van der Waals surface area contributed by atoms with Gasteiger partial charge in [0.25, 0.3) is 0 Å². The van der Waals surface area contributed by atoms with E-state index in [0.717, 1.165) is 5.56 Å². The van der Waals surface area contributed by atoms with Gasteiger partial charge in [-0.25, -0.2) is 0 Å². The van der Waals surface area contributed by atoms with Gasteiger partial charge in [-0.3, -0.25) is 4.79 Å². The van der Waals surface area contributed by atoms with Crippen LogP contribution in [0, 0.1) is 0 Å². The van der Waals surface area contributed by atoms with Crippen LogP contribution in [0.1, 0.15) is 25.0 Å². The second kappa shape index (κ2) is 6.50. The minimum absolute atomic E-state index is 0.112. The first kappa shape index (κ1) is 15.9. The van der Waals surface area contributed by atoms with Crippen LogP contribution < -0.4 is 5.32 Å². The van der Waals surface area contributed by atoms with Crippen molar-refractivity contribution in [2.75, 3.05) is 0 Å². The Morgan fingerprint density at radius 1 is 1.00 bits per heavy atom. The Kier molecular flexibility index (Phi) is 4.92. The third-order valence-electron chi connectivity index (χ3n) is 3.35. The number of carbonyl (C=O) groups excluding carboxylic acids is 1. The van der Waals surface area contributed by atoms with E-state index in [4.69, 9.17) is 23.2 Å². The van der Waals surface area contributed by atoms with Gasteiger partial charge >= 0.3 is 0 Å². The molecule has 2 rings (SSSR count). The smallest absolute Gasteiger partial charge is 0.225 e. The molecular formula is C17H17Cl2NO. The van der Waals surface area contributed by atoms with E-state index in [2.05, 4.69) is 5.32 Å². The summed E-state index contributed by atoms with van der Waals surface area (Å²) in [6.07, 6.45) is 0.161. The molecule has 0 unspecified atom stereocenters. The van der Waals surface area contributed by atoms with Gasteiger partial charge in [-0.05, 0) is 37.1 Å². The molecule has 0 saturated carbocycles. The standard InChI is InChI=1S/C17H17Cl2NO/c1-17(2,12-7-4-3-5-8-12)20-16(21)11-13-14(18)9-6-10-15(13)19/h3-10H,11H2,1-2H3,(H,20,21). The van der Waals surface area contributed by atoms with Gasteiger partial charge < -0.3 is 5.32 Å². The number of benzene rings is 2. The molecule has 0 aliphatic heterocycles. The van der Waals surface area contributed by atoms with E-state index in [-0.39, 0.29) is 12.3 Å². The molecular weight excluding hydrogens is 305 g/mol. The van der Waals surface area contributed by atoms with Crippen molar-refractivity contribution >= 4 is 29.1 Å². The van der Waals surface area contributed by atoms with Crippen LogP contribution in [0.3, 0.4) is 0 Å². The fourth-order valence-electron chi connectivity index (χ4n) is 2.18. The highest BCUT2D eigenvalue weighted by Crippen LogP contribution is 2.25. The summed E-state index contributed by atoms with van der Waals surface area (Å²) in [5.74, 6) is -0.112. The summed E-state index contributed by atoms with van der Waals surface area (Å²) < 4.78 is 0. The Morgan fingerprint density at radius 2 is 1.57 bits per heavy atom. The van der Waals surface area contributed by atoms with Crippen LogP contribution in [-0.2, 0) is 16.8 Å². The van der Waals surface area contributed by atoms with Crippen molar-refractivity contribution in [1.82, 2.24) is 5.32 Å². The Hall–Kier alpha value is -1.51. The van der Waals surface area contributed by atoms with Crippen LogP contribution in [0.25, 0.3) is 0 Å². The van der Waals surface area contributed by atoms with E-state index < -0.39 is 5.54 Å². The number of hydrogen-bond acceptors (Lipinski definition) is 1. The summed E-state index contributed by atoms with van der Waals surface area (Å²) in [6.45, 7) is 3.93. The molecule has 1 amide bonds. The van der Waals surface area contributed by atoms with Crippen LogP contribution in [0.5, 0.6) is 0 Å². The summed E-state index contributed by atoms with van der Waals surface area (Å²) in [7, 11) is 0. The third kappa shape index (κ3) is 3.99. The van der Waals surface area contributed by atoms with Gasteiger partial charge in [-0.15, -0.1) is 0 Å². The summed E-state index contributed by atoms with van der Waals surface area (Å²) in [5.41, 5.74) is 1.25. The molecule has 110 valence electrons. The van der Waals surface area contributed by atoms with Gasteiger partial charge in [0.2, 0.25) is 5.91 Å². The fraction of sp³-hybridized carbons (Fsp3) is 0.235. The highest BCUT2D eigenvalue weighted by atomic mass is 35.5. The van der Waals surface area contributed by atoms with Crippen LogP contribution in [-0.4, -0.2) is 5.91 Å². The summed E-state index contributed by atoms with van der Waals surface area (Å²) in [4.78, 5) is 12.3. The third-order valence-corrected chi connectivity index (χ3v) is 4.05. The van der Waals surface area contributed by atoms with E-state index in [0.29, 0.717) is 15.6 Å². The quantitative estimate of drug-likeness (QED) is 0.876. The first-order valence-corrected chi connectivity index (χ1v) is 7.45. The van der Waals surface area contributed by atoms with Crippen LogP contribution in [0.15, 0.2) is 48.5 Å². The molecule has 0 aromatic heterocycles. The van der Waals surface area contributed by atoms with Crippen molar-refractivity contribution < 1.29 is 4.79 Å². The maximum Gasteiger partial charge on any atom is 0.225 e. The Labute approximate surface area is 135 Å². The molecule has 0 atom stereocenters. The molecule has 2 nitrogen and oxygen atoms in total. The molecule has 0 radical (unpaired) electrons. The molecule has 21 heavy (non-hydrogen) atoms. The lowest BCUT2D eigenvalue weighted by atomic mass is 9.94. The van der Waals surface area contributed by atoms with Crippen molar-refractivity contribution in [1.29, 1.82) is 0 Å². The first-order valence-electron chi connectivity index (χ1n) is 6.69. The van der Waals surface area contributed by atoms with Gasteiger partial charge in [-0.2, -0.15) is 0 Å². The Bertz CT molecular complexity index is 618. The van der Waals surface area contributed by atoms with Crippen molar-refractivity contribution in [3.05, 3.63) is 69.7 Å². The van der Waals surface area contributed by atoms with Crippen LogP contribution >= 0.6 is 23.2 Å². The van der Waals surface area contributed by atoms with Gasteiger partial charge in [0, 0.05) is 10.0 Å². The monoisotopic (exact) mass is 321 g/mol. The average Bonchev–Trinajstić information content (AvgIpc) is 2.43. The van der Waals surface area contributed by atoms with Gasteiger partial charge in [0.1, 0.15) is 0 Å². The summed E-state index contributed by atoms with van der Waals surface area (Å²) >= 11 is 12.2. The molecule has 2 aromatic rings. The molecule has 1 N–H and O–H groups in total. The number of rotatable bonds is 4. The number of amides is 1. The zero-order chi connectivity index (χ0) is 15.5. The lowest BCUT2D eigenvalue weighted by Gasteiger charge is -2.27. The summed E-state index contributed by atoms with van der Waals surface area (Å²) in [6, 6.07) is 15.1. The van der Waals surface area contributed by atoms with E-state index in [1.807, 2.05) is 44.2 Å². The van der Waals surface area contributed by atoms with E-state index in [9.17, 15) is 4.79 Å².